The Bertz CT molecular complexity index is 722. The lowest BCUT2D eigenvalue weighted by Crippen LogP contribution is -2.03. The largest absolute Gasteiger partial charge is 0.496 e. The highest BCUT2D eigenvalue weighted by atomic mass is 35.5. The van der Waals surface area contributed by atoms with E-state index in [-0.39, 0.29) is 5.92 Å². The Morgan fingerprint density at radius 2 is 1.78 bits per heavy atom. The Morgan fingerprint density at radius 1 is 1.09 bits per heavy atom. The molecule has 0 saturated carbocycles. The van der Waals surface area contributed by atoms with Crippen molar-refractivity contribution in [1.29, 1.82) is 5.26 Å². The van der Waals surface area contributed by atoms with Crippen molar-refractivity contribution in [2.45, 2.75) is 25.7 Å². The van der Waals surface area contributed by atoms with Gasteiger partial charge in [0.25, 0.3) is 0 Å². The molecule has 120 valence electrons. The van der Waals surface area contributed by atoms with Gasteiger partial charge in [-0.25, -0.2) is 0 Å². The van der Waals surface area contributed by atoms with Crippen LogP contribution in [0.5, 0.6) is 11.5 Å². The lowest BCUT2D eigenvalue weighted by atomic mass is 9.91. The van der Waals surface area contributed by atoms with Crippen LogP contribution < -0.4 is 9.47 Å². The van der Waals surface area contributed by atoms with Crippen LogP contribution in [0.3, 0.4) is 0 Å². The fourth-order valence-corrected chi connectivity index (χ4v) is 2.83. The number of halogens is 1. The minimum atomic E-state index is -0.292. The van der Waals surface area contributed by atoms with Crippen molar-refractivity contribution in [3.05, 3.63) is 58.1 Å². The molecule has 2 aromatic rings. The van der Waals surface area contributed by atoms with Crippen molar-refractivity contribution in [1.82, 2.24) is 0 Å². The van der Waals surface area contributed by atoms with E-state index in [1.165, 1.54) is 5.56 Å². The molecule has 0 amide bonds. The van der Waals surface area contributed by atoms with Gasteiger partial charge in [0.05, 0.1) is 31.2 Å². The molecule has 0 radical (unpaired) electrons. The SMILES string of the molecule is CCc1ccc(OC)c(CC(C#N)c2ccc(OC)c(Cl)c2)c1. The Balaban J connectivity index is 2.33. The van der Waals surface area contributed by atoms with E-state index in [9.17, 15) is 5.26 Å². The molecule has 2 aromatic carbocycles. The highest BCUT2D eigenvalue weighted by Gasteiger charge is 2.16. The maximum atomic E-state index is 9.58. The maximum Gasteiger partial charge on any atom is 0.137 e. The Hall–Kier alpha value is -2.18. The van der Waals surface area contributed by atoms with Crippen LogP contribution in [0.2, 0.25) is 5.02 Å². The number of benzene rings is 2. The topological polar surface area (TPSA) is 42.2 Å². The predicted octanol–water partition coefficient (Wildman–Crippen LogP) is 4.77. The third-order valence-electron chi connectivity index (χ3n) is 3.91. The lowest BCUT2D eigenvalue weighted by Gasteiger charge is -2.15. The molecule has 3 nitrogen and oxygen atoms in total. The lowest BCUT2D eigenvalue weighted by molar-refractivity contribution is 0.408. The molecule has 0 fully saturated rings. The third-order valence-corrected chi connectivity index (χ3v) is 4.21. The molecule has 0 aliphatic carbocycles. The van der Waals surface area contributed by atoms with Gasteiger partial charge in [0.1, 0.15) is 11.5 Å². The van der Waals surface area contributed by atoms with Crippen molar-refractivity contribution in [2.75, 3.05) is 14.2 Å². The van der Waals surface area contributed by atoms with E-state index in [1.807, 2.05) is 18.2 Å². The molecule has 0 aliphatic rings. The van der Waals surface area contributed by atoms with Gasteiger partial charge in [0.2, 0.25) is 0 Å². The van der Waals surface area contributed by atoms with E-state index in [1.54, 1.807) is 26.4 Å². The molecular weight excluding hydrogens is 310 g/mol. The molecule has 0 aliphatic heterocycles. The zero-order valence-electron chi connectivity index (χ0n) is 13.6. The number of hydrogen-bond donors (Lipinski definition) is 0. The van der Waals surface area contributed by atoms with Crippen LogP contribution in [0.15, 0.2) is 36.4 Å². The summed E-state index contributed by atoms with van der Waals surface area (Å²) in [5, 5.41) is 10.1. The highest BCUT2D eigenvalue weighted by Crippen LogP contribution is 2.32. The zero-order valence-corrected chi connectivity index (χ0v) is 14.4. The van der Waals surface area contributed by atoms with Gasteiger partial charge in [0.15, 0.2) is 0 Å². The summed E-state index contributed by atoms with van der Waals surface area (Å²) in [6.45, 7) is 2.11. The van der Waals surface area contributed by atoms with E-state index >= 15 is 0 Å². The average molecular weight is 330 g/mol. The van der Waals surface area contributed by atoms with Crippen molar-refractivity contribution in [2.24, 2.45) is 0 Å². The molecule has 1 atom stereocenters. The summed E-state index contributed by atoms with van der Waals surface area (Å²) < 4.78 is 10.6. The van der Waals surface area contributed by atoms with Crippen LogP contribution in [-0.4, -0.2) is 14.2 Å². The quantitative estimate of drug-likeness (QED) is 0.766. The van der Waals surface area contributed by atoms with Crippen LogP contribution in [0.4, 0.5) is 0 Å². The summed E-state index contributed by atoms with van der Waals surface area (Å²) in [6.07, 6.45) is 1.53. The van der Waals surface area contributed by atoms with E-state index in [0.29, 0.717) is 17.2 Å². The highest BCUT2D eigenvalue weighted by molar-refractivity contribution is 6.32. The van der Waals surface area contributed by atoms with Crippen LogP contribution in [0.25, 0.3) is 0 Å². The first kappa shape index (κ1) is 17.2. The summed E-state index contributed by atoms with van der Waals surface area (Å²) in [4.78, 5) is 0. The third kappa shape index (κ3) is 3.97. The normalized spacial score (nSPS) is 11.6. The van der Waals surface area contributed by atoms with Gasteiger partial charge in [-0.05, 0) is 47.7 Å². The fraction of sp³-hybridized carbons (Fsp3) is 0.316. The minimum absolute atomic E-state index is 0.292. The molecule has 0 aromatic heterocycles. The average Bonchev–Trinajstić information content (AvgIpc) is 2.59. The standard InChI is InChI=1S/C19H20ClNO2/c1-4-13-5-7-18(22-2)15(9-13)10-16(12-21)14-6-8-19(23-3)17(20)11-14/h5-9,11,16H,4,10H2,1-3H3. The predicted molar refractivity (Wildman–Crippen MR) is 92.4 cm³/mol. The fourth-order valence-electron chi connectivity index (χ4n) is 2.57. The van der Waals surface area contributed by atoms with Gasteiger partial charge in [-0.2, -0.15) is 5.26 Å². The summed E-state index contributed by atoms with van der Waals surface area (Å²) in [7, 11) is 3.22. The zero-order chi connectivity index (χ0) is 16.8. The number of methoxy groups -OCH3 is 2. The van der Waals surface area contributed by atoms with Crippen LogP contribution in [0, 0.1) is 11.3 Å². The van der Waals surface area contributed by atoms with E-state index in [2.05, 4.69) is 19.1 Å². The molecular formula is C19H20ClNO2. The monoisotopic (exact) mass is 329 g/mol. The molecule has 2 rings (SSSR count). The molecule has 0 heterocycles. The minimum Gasteiger partial charge on any atom is -0.496 e. The maximum absolute atomic E-state index is 9.58. The molecule has 0 bridgehead atoms. The Kier molecular flexibility index (Phi) is 5.90. The summed E-state index contributed by atoms with van der Waals surface area (Å²) >= 11 is 6.18. The van der Waals surface area contributed by atoms with Gasteiger partial charge >= 0.3 is 0 Å². The first-order valence-electron chi connectivity index (χ1n) is 7.51. The second kappa shape index (κ2) is 7.89. The molecule has 0 spiro atoms. The van der Waals surface area contributed by atoms with Crippen molar-refractivity contribution in [3.63, 3.8) is 0 Å². The summed E-state index contributed by atoms with van der Waals surface area (Å²) in [5.41, 5.74) is 3.14. The molecule has 23 heavy (non-hydrogen) atoms. The number of rotatable bonds is 6. The number of nitriles is 1. The van der Waals surface area contributed by atoms with Gasteiger partial charge in [-0.3, -0.25) is 0 Å². The smallest absolute Gasteiger partial charge is 0.137 e. The van der Waals surface area contributed by atoms with Gasteiger partial charge in [-0.15, -0.1) is 0 Å². The first-order valence-corrected chi connectivity index (χ1v) is 7.89. The molecule has 0 saturated heterocycles. The number of ether oxygens (including phenoxy) is 2. The second-order valence-corrected chi connectivity index (χ2v) is 5.69. The molecule has 0 N–H and O–H groups in total. The van der Waals surface area contributed by atoms with E-state index in [4.69, 9.17) is 21.1 Å². The van der Waals surface area contributed by atoms with Gasteiger partial charge in [0, 0.05) is 0 Å². The number of aryl methyl sites for hydroxylation is 1. The Morgan fingerprint density at radius 3 is 2.35 bits per heavy atom. The van der Waals surface area contributed by atoms with Crippen molar-refractivity contribution >= 4 is 11.6 Å². The number of nitrogens with zero attached hydrogens (tertiary/aromatic N) is 1. The summed E-state index contributed by atoms with van der Waals surface area (Å²) in [5.74, 6) is 1.12. The summed E-state index contributed by atoms with van der Waals surface area (Å²) in [6, 6.07) is 14.0. The second-order valence-electron chi connectivity index (χ2n) is 5.28. The van der Waals surface area contributed by atoms with Gasteiger partial charge < -0.3 is 9.47 Å². The number of hydrogen-bond acceptors (Lipinski definition) is 3. The van der Waals surface area contributed by atoms with Crippen LogP contribution in [-0.2, 0) is 12.8 Å². The van der Waals surface area contributed by atoms with E-state index in [0.717, 1.165) is 23.3 Å². The van der Waals surface area contributed by atoms with Crippen molar-refractivity contribution in [3.8, 4) is 17.6 Å². The van der Waals surface area contributed by atoms with Crippen LogP contribution >= 0.6 is 11.6 Å². The molecule has 1 unspecified atom stereocenters. The van der Waals surface area contributed by atoms with Crippen LogP contribution in [0.1, 0.15) is 29.5 Å². The van der Waals surface area contributed by atoms with E-state index < -0.39 is 0 Å². The van der Waals surface area contributed by atoms with Gasteiger partial charge in [-0.1, -0.05) is 36.7 Å². The first-order chi connectivity index (χ1) is 11.1. The Labute approximate surface area is 142 Å². The molecule has 4 heteroatoms. The van der Waals surface area contributed by atoms with Crippen molar-refractivity contribution < 1.29 is 9.47 Å².